The lowest BCUT2D eigenvalue weighted by molar-refractivity contribution is -0.112. The van der Waals surface area contributed by atoms with Crippen molar-refractivity contribution in [1.82, 2.24) is 9.88 Å². The lowest BCUT2D eigenvalue weighted by Gasteiger charge is -2.30. The highest BCUT2D eigenvalue weighted by Crippen LogP contribution is 2.26. The van der Waals surface area contributed by atoms with E-state index in [1.807, 2.05) is 58.0 Å². The van der Waals surface area contributed by atoms with Crippen molar-refractivity contribution in [2.75, 3.05) is 6.54 Å². The van der Waals surface area contributed by atoms with Crippen molar-refractivity contribution in [1.29, 1.82) is 0 Å². The molecule has 0 radical (unpaired) electrons. The summed E-state index contributed by atoms with van der Waals surface area (Å²) in [6.07, 6.45) is 13.0. The number of terminal acetylenes is 1. The summed E-state index contributed by atoms with van der Waals surface area (Å²) in [6, 6.07) is 9.42. The molecular formula is C25H36N2O4. The van der Waals surface area contributed by atoms with E-state index in [1.54, 1.807) is 11.1 Å². The van der Waals surface area contributed by atoms with Crippen LogP contribution in [0.25, 0.3) is 10.8 Å². The third-order valence-electron chi connectivity index (χ3n) is 4.75. The van der Waals surface area contributed by atoms with Crippen LogP contribution in [0.3, 0.4) is 0 Å². The molecule has 1 aromatic carbocycles. The lowest BCUT2D eigenvalue weighted by atomic mass is 9.97. The number of aromatic amines is 1. The van der Waals surface area contributed by atoms with Gasteiger partial charge in [-0.3, -0.25) is 4.79 Å². The largest absolute Gasteiger partial charge is 0.444 e. The molecule has 2 heterocycles. The topological polar surface area (TPSA) is 79.5 Å². The molecule has 1 amide bonds. The van der Waals surface area contributed by atoms with E-state index < -0.39 is 5.60 Å². The van der Waals surface area contributed by atoms with Crippen molar-refractivity contribution in [2.45, 2.75) is 66.0 Å². The Hall–Kier alpha value is -3.07. The van der Waals surface area contributed by atoms with Crippen molar-refractivity contribution in [3.8, 4) is 12.8 Å². The molecule has 1 aliphatic heterocycles. The number of ether oxygens (including phenoxy) is 1. The maximum absolute atomic E-state index is 12.0. The minimum atomic E-state index is -0.479. The van der Waals surface area contributed by atoms with Gasteiger partial charge in [0.15, 0.2) is 0 Å². The van der Waals surface area contributed by atoms with Crippen molar-refractivity contribution in [3.05, 3.63) is 46.9 Å². The molecule has 0 saturated carbocycles. The van der Waals surface area contributed by atoms with Gasteiger partial charge < -0.3 is 19.4 Å². The minimum Gasteiger partial charge on any atom is -0.444 e. The standard InChI is InChI=1S/C13H23NO3.C9H7NO.C2H2.CH4/c1-5-10(9-15)11-7-6-8-14(11)12(16)17-13(2,3)4;11-9-8-4-2-1-3-7(8)5-6-10-9;1-2;/h9-11H,5-8H2,1-4H3;1-6H,(H,10,11);1-2H;1H4. The van der Waals surface area contributed by atoms with Gasteiger partial charge in [0, 0.05) is 30.1 Å². The molecule has 170 valence electrons. The number of H-pyrrole nitrogens is 1. The number of nitrogens with zero attached hydrogens (tertiary/aromatic N) is 1. The highest BCUT2D eigenvalue weighted by molar-refractivity contribution is 5.80. The third kappa shape index (κ3) is 8.29. The van der Waals surface area contributed by atoms with Crippen LogP contribution in [0.4, 0.5) is 4.79 Å². The Morgan fingerprint density at radius 1 is 1.29 bits per heavy atom. The van der Waals surface area contributed by atoms with Crippen molar-refractivity contribution < 1.29 is 14.3 Å². The Balaban J connectivity index is 0.000000555. The maximum Gasteiger partial charge on any atom is 0.410 e. The summed E-state index contributed by atoms with van der Waals surface area (Å²) in [7, 11) is 0. The van der Waals surface area contributed by atoms with E-state index in [1.165, 1.54) is 0 Å². The first-order valence-electron chi connectivity index (χ1n) is 10.1. The first kappa shape index (κ1) is 27.9. The Labute approximate surface area is 186 Å². The molecule has 1 aliphatic rings. The zero-order valence-electron chi connectivity index (χ0n) is 18.3. The van der Waals surface area contributed by atoms with Crippen LogP contribution in [0.5, 0.6) is 0 Å². The van der Waals surface area contributed by atoms with Gasteiger partial charge in [-0.2, -0.15) is 0 Å². The summed E-state index contributed by atoms with van der Waals surface area (Å²) < 4.78 is 5.36. The number of likely N-dealkylation sites (tertiary alicyclic amines) is 1. The summed E-state index contributed by atoms with van der Waals surface area (Å²) in [5, 5.41) is 1.73. The molecule has 1 N–H and O–H groups in total. The Bertz CT molecular complexity index is 890. The zero-order chi connectivity index (χ0) is 22.7. The van der Waals surface area contributed by atoms with Gasteiger partial charge >= 0.3 is 6.09 Å². The lowest BCUT2D eigenvalue weighted by Crippen LogP contribution is -2.43. The number of fused-ring (bicyclic) bond motifs is 1. The predicted molar refractivity (Wildman–Crippen MR) is 127 cm³/mol. The van der Waals surface area contributed by atoms with Crippen LogP contribution in [0, 0.1) is 18.8 Å². The van der Waals surface area contributed by atoms with Crippen LogP contribution in [-0.4, -0.2) is 40.5 Å². The summed E-state index contributed by atoms with van der Waals surface area (Å²) in [4.78, 5) is 38.5. The van der Waals surface area contributed by atoms with Crippen LogP contribution >= 0.6 is 0 Å². The van der Waals surface area contributed by atoms with Gasteiger partial charge in [0.2, 0.25) is 0 Å². The van der Waals surface area contributed by atoms with Crippen LogP contribution in [0.1, 0.15) is 54.4 Å². The molecule has 0 spiro atoms. The van der Waals surface area contributed by atoms with E-state index in [0.717, 1.165) is 36.3 Å². The molecule has 6 nitrogen and oxygen atoms in total. The van der Waals surface area contributed by atoms with Crippen molar-refractivity contribution in [2.24, 2.45) is 5.92 Å². The smallest absolute Gasteiger partial charge is 0.410 e. The highest BCUT2D eigenvalue weighted by Gasteiger charge is 2.36. The molecule has 2 atom stereocenters. The average Bonchev–Trinajstić information content (AvgIpc) is 3.20. The fraction of sp³-hybridized carbons (Fsp3) is 0.480. The minimum absolute atomic E-state index is 0. The number of hydrogen-bond donors (Lipinski definition) is 1. The maximum atomic E-state index is 12.0. The van der Waals surface area contributed by atoms with Gasteiger partial charge in [0.1, 0.15) is 11.9 Å². The molecule has 2 unspecified atom stereocenters. The number of aldehydes is 1. The summed E-state index contributed by atoms with van der Waals surface area (Å²) in [6.45, 7) is 8.24. The predicted octanol–water partition coefficient (Wildman–Crippen LogP) is 5.02. The molecule has 0 bridgehead atoms. The molecule has 1 aromatic heterocycles. The number of benzene rings is 1. The molecular weight excluding hydrogens is 392 g/mol. The van der Waals surface area contributed by atoms with E-state index in [2.05, 4.69) is 17.8 Å². The number of carbonyl (C=O) groups excluding carboxylic acids is 2. The summed E-state index contributed by atoms with van der Waals surface area (Å²) >= 11 is 0. The van der Waals surface area contributed by atoms with E-state index >= 15 is 0 Å². The quantitative estimate of drug-likeness (QED) is 0.550. The molecule has 3 rings (SSSR count). The van der Waals surface area contributed by atoms with E-state index in [-0.39, 0.29) is 31.0 Å². The summed E-state index contributed by atoms with van der Waals surface area (Å²) in [5.74, 6) is -0.0648. The molecule has 0 aliphatic carbocycles. The van der Waals surface area contributed by atoms with Crippen molar-refractivity contribution in [3.63, 3.8) is 0 Å². The second-order valence-corrected chi connectivity index (χ2v) is 7.99. The van der Waals surface area contributed by atoms with E-state index in [0.29, 0.717) is 6.54 Å². The van der Waals surface area contributed by atoms with Crippen LogP contribution in [-0.2, 0) is 9.53 Å². The highest BCUT2D eigenvalue weighted by atomic mass is 16.6. The van der Waals surface area contributed by atoms with Gasteiger partial charge in [-0.25, -0.2) is 4.79 Å². The first-order chi connectivity index (χ1) is 14.3. The zero-order valence-corrected chi connectivity index (χ0v) is 18.3. The van der Waals surface area contributed by atoms with Gasteiger partial charge in [-0.05, 0) is 57.6 Å². The summed E-state index contributed by atoms with van der Waals surface area (Å²) in [5.41, 5.74) is -0.504. The normalized spacial score (nSPS) is 15.9. The van der Waals surface area contributed by atoms with Gasteiger partial charge in [-0.15, -0.1) is 12.8 Å². The molecule has 1 saturated heterocycles. The number of pyridine rings is 1. The SMILES string of the molecule is C.C#C.CCC(C=O)C1CCCN1C(=O)OC(C)(C)C.O=c1[nH]ccc2ccccc12. The fourth-order valence-corrected chi connectivity index (χ4v) is 3.38. The Morgan fingerprint density at radius 2 is 1.94 bits per heavy atom. The molecule has 6 heteroatoms. The number of aromatic nitrogens is 1. The number of nitrogens with one attached hydrogen (secondary N) is 1. The monoisotopic (exact) mass is 428 g/mol. The molecule has 31 heavy (non-hydrogen) atoms. The Morgan fingerprint density at radius 3 is 2.48 bits per heavy atom. The molecule has 1 fully saturated rings. The average molecular weight is 429 g/mol. The van der Waals surface area contributed by atoms with Crippen LogP contribution < -0.4 is 5.56 Å². The second kappa shape index (κ2) is 13.3. The molecule has 2 aromatic rings. The number of rotatable bonds is 3. The number of amides is 1. The van der Waals surface area contributed by atoms with Crippen LogP contribution in [0.2, 0.25) is 0 Å². The fourth-order valence-electron chi connectivity index (χ4n) is 3.38. The third-order valence-corrected chi connectivity index (χ3v) is 4.75. The van der Waals surface area contributed by atoms with Gasteiger partial charge in [0.25, 0.3) is 5.56 Å². The van der Waals surface area contributed by atoms with Crippen molar-refractivity contribution >= 4 is 23.2 Å². The number of carbonyl (C=O) groups is 2. The number of hydrogen-bond acceptors (Lipinski definition) is 4. The first-order valence-corrected chi connectivity index (χ1v) is 10.1. The van der Waals surface area contributed by atoms with Gasteiger partial charge in [0.05, 0.1) is 0 Å². The van der Waals surface area contributed by atoms with E-state index in [4.69, 9.17) is 4.74 Å². The van der Waals surface area contributed by atoms with E-state index in [9.17, 15) is 14.4 Å². The Kier molecular flexibility index (Phi) is 12.0. The van der Waals surface area contributed by atoms with Crippen LogP contribution in [0.15, 0.2) is 41.3 Å². The van der Waals surface area contributed by atoms with Gasteiger partial charge in [-0.1, -0.05) is 32.5 Å². The second-order valence-electron chi connectivity index (χ2n) is 7.99.